The third kappa shape index (κ3) is 4.42. The molecule has 174 valence electrons. The average molecular weight is 470 g/mol. The highest BCUT2D eigenvalue weighted by atomic mass is 32.2. The van der Waals surface area contributed by atoms with Crippen molar-refractivity contribution in [1.29, 1.82) is 0 Å². The molecule has 11 heteroatoms. The molecule has 3 N–H and O–H groups in total. The molecule has 2 aromatic heterocycles. The van der Waals surface area contributed by atoms with Crippen molar-refractivity contribution in [2.24, 2.45) is 11.1 Å². The summed E-state index contributed by atoms with van der Waals surface area (Å²) in [5.41, 5.74) is 2.22. The van der Waals surface area contributed by atoms with Crippen molar-refractivity contribution < 1.29 is 13.2 Å². The van der Waals surface area contributed by atoms with Crippen molar-refractivity contribution in [3.05, 3.63) is 36.4 Å². The van der Waals surface area contributed by atoms with E-state index in [0.29, 0.717) is 12.2 Å². The second-order valence-corrected chi connectivity index (χ2v) is 10.3. The number of nitrogens with one attached hydrogen (secondary N) is 1. The second kappa shape index (κ2) is 8.71. The number of carbonyl (C=O) groups excluding carboxylic acids is 1. The van der Waals surface area contributed by atoms with E-state index < -0.39 is 10.0 Å². The predicted molar refractivity (Wildman–Crippen MR) is 124 cm³/mol. The van der Waals surface area contributed by atoms with Crippen LogP contribution >= 0.6 is 0 Å². The fraction of sp³-hybridized carbons (Fsp3) is 0.455. The van der Waals surface area contributed by atoms with E-state index in [-0.39, 0.29) is 16.7 Å². The zero-order valence-electron chi connectivity index (χ0n) is 18.3. The lowest BCUT2D eigenvalue weighted by Gasteiger charge is -2.32. The van der Waals surface area contributed by atoms with E-state index in [4.69, 9.17) is 10.1 Å². The topological polar surface area (TPSA) is 136 Å². The first kappa shape index (κ1) is 21.8. The van der Waals surface area contributed by atoms with Gasteiger partial charge in [0.1, 0.15) is 12.2 Å². The van der Waals surface area contributed by atoms with Gasteiger partial charge >= 0.3 is 0 Å². The molecule has 5 rings (SSSR count). The summed E-state index contributed by atoms with van der Waals surface area (Å²) in [6.07, 6.45) is 7.64. The molecule has 0 aliphatic carbocycles. The predicted octanol–water partition coefficient (Wildman–Crippen LogP) is 2.06. The number of hydrogen-bond acceptors (Lipinski definition) is 7. The molecule has 2 aliphatic heterocycles. The summed E-state index contributed by atoms with van der Waals surface area (Å²) in [6, 6.07) is 5.87. The van der Waals surface area contributed by atoms with Gasteiger partial charge in [0.2, 0.25) is 15.9 Å². The Hall–Kier alpha value is -3.05. The maximum Gasteiger partial charge on any atom is 0.238 e. The molecule has 1 atom stereocenters. The standard InChI is InChI=1S/C22H27N7O3S/c23-33(31,32)17-9-7-16(8-10-17)26-22(30)15-5-4-11-28(13-15)20-19-21(25-14-24-20)29-12-3-1-2-6-18(29)27-19/h7-10,14-15H,1-6,11-13H2,(H,26,30)(H2,23,31,32)/t15-/m1/s1. The van der Waals surface area contributed by atoms with Crippen LogP contribution in [-0.4, -0.2) is 46.9 Å². The third-order valence-corrected chi connectivity index (χ3v) is 7.35. The molecule has 33 heavy (non-hydrogen) atoms. The summed E-state index contributed by atoms with van der Waals surface area (Å²) >= 11 is 0. The number of amides is 1. The molecule has 1 amide bonds. The van der Waals surface area contributed by atoms with Gasteiger partial charge in [-0.05, 0) is 49.9 Å². The molecule has 0 spiro atoms. The van der Waals surface area contributed by atoms with Crippen LogP contribution in [0.15, 0.2) is 35.5 Å². The van der Waals surface area contributed by atoms with E-state index in [9.17, 15) is 13.2 Å². The molecule has 0 saturated carbocycles. The number of primary sulfonamides is 1. The van der Waals surface area contributed by atoms with Gasteiger partial charge in [-0.1, -0.05) is 6.42 Å². The quantitative estimate of drug-likeness (QED) is 0.597. The number of carbonyl (C=O) groups is 1. The average Bonchev–Trinajstić information content (AvgIpc) is 2.99. The molecule has 1 aromatic carbocycles. The minimum atomic E-state index is -3.77. The van der Waals surface area contributed by atoms with Crippen molar-refractivity contribution in [3.63, 3.8) is 0 Å². The number of nitrogens with two attached hydrogens (primary N) is 1. The van der Waals surface area contributed by atoms with Gasteiger partial charge in [0.15, 0.2) is 17.0 Å². The normalized spacial score (nSPS) is 19.2. The summed E-state index contributed by atoms with van der Waals surface area (Å²) < 4.78 is 25.1. The fourth-order valence-electron chi connectivity index (χ4n) is 4.71. The van der Waals surface area contributed by atoms with Gasteiger partial charge in [-0.25, -0.2) is 28.5 Å². The molecule has 0 bridgehead atoms. The number of benzene rings is 1. The van der Waals surface area contributed by atoms with Crippen molar-refractivity contribution >= 4 is 38.6 Å². The Bertz CT molecular complexity index is 1290. The van der Waals surface area contributed by atoms with Crippen molar-refractivity contribution in [3.8, 4) is 0 Å². The summed E-state index contributed by atoms with van der Waals surface area (Å²) in [5.74, 6) is 1.53. The van der Waals surface area contributed by atoms with Gasteiger partial charge in [-0.2, -0.15) is 0 Å². The maximum absolute atomic E-state index is 13.0. The number of aromatic nitrogens is 4. The maximum atomic E-state index is 13.0. The van der Waals surface area contributed by atoms with Gasteiger partial charge in [-0.15, -0.1) is 0 Å². The third-order valence-electron chi connectivity index (χ3n) is 6.42. The number of piperidine rings is 1. The number of anilines is 2. The van der Waals surface area contributed by atoms with E-state index in [1.54, 1.807) is 18.5 Å². The molecule has 3 aromatic rings. The number of fused-ring (bicyclic) bond motifs is 3. The van der Waals surface area contributed by atoms with E-state index in [2.05, 4.69) is 24.8 Å². The summed E-state index contributed by atoms with van der Waals surface area (Å²) in [6.45, 7) is 2.27. The Balaban J connectivity index is 1.34. The molecule has 0 radical (unpaired) electrons. The van der Waals surface area contributed by atoms with Gasteiger partial charge in [0, 0.05) is 31.7 Å². The van der Waals surface area contributed by atoms with Crippen LogP contribution in [0.5, 0.6) is 0 Å². The van der Waals surface area contributed by atoms with E-state index in [0.717, 1.165) is 68.0 Å². The SMILES string of the molecule is NS(=O)(=O)c1ccc(NC(=O)[C@@H]2CCCN(c3ncnc4c3nc3n4CCCCC3)C2)cc1. The number of aryl methyl sites for hydroxylation is 2. The molecular weight excluding hydrogens is 442 g/mol. The zero-order chi connectivity index (χ0) is 23.0. The first-order chi connectivity index (χ1) is 15.9. The molecule has 0 unspecified atom stereocenters. The number of nitrogens with zero attached hydrogens (tertiary/aromatic N) is 5. The molecule has 4 heterocycles. The number of hydrogen-bond donors (Lipinski definition) is 2. The first-order valence-electron chi connectivity index (χ1n) is 11.3. The van der Waals surface area contributed by atoms with Crippen molar-refractivity contribution in [1.82, 2.24) is 19.5 Å². The Morgan fingerprint density at radius 2 is 1.88 bits per heavy atom. The van der Waals surface area contributed by atoms with Crippen LogP contribution in [0.25, 0.3) is 11.2 Å². The smallest absolute Gasteiger partial charge is 0.238 e. The fourth-order valence-corrected chi connectivity index (χ4v) is 5.23. The van der Waals surface area contributed by atoms with Crippen LogP contribution in [0, 0.1) is 5.92 Å². The van der Waals surface area contributed by atoms with Gasteiger partial charge in [-0.3, -0.25) is 4.79 Å². The highest BCUT2D eigenvalue weighted by Gasteiger charge is 2.29. The number of imidazole rings is 1. The number of rotatable bonds is 4. The second-order valence-electron chi connectivity index (χ2n) is 8.70. The summed E-state index contributed by atoms with van der Waals surface area (Å²) in [7, 11) is -3.77. The van der Waals surface area contributed by atoms with Crippen molar-refractivity contribution in [2.75, 3.05) is 23.3 Å². The lowest BCUT2D eigenvalue weighted by Crippen LogP contribution is -2.41. The van der Waals surface area contributed by atoms with E-state index >= 15 is 0 Å². The molecule has 1 saturated heterocycles. The Morgan fingerprint density at radius 1 is 1.06 bits per heavy atom. The first-order valence-corrected chi connectivity index (χ1v) is 12.8. The highest BCUT2D eigenvalue weighted by molar-refractivity contribution is 7.89. The lowest BCUT2D eigenvalue weighted by molar-refractivity contribution is -0.120. The van der Waals surface area contributed by atoms with Crippen LogP contribution < -0.4 is 15.4 Å². The minimum Gasteiger partial charge on any atom is -0.354 e. The summed E-state index contributed by atoms with van der Waals surface area (Å²) in [4.78, 5) is 29.1. The van der Waals surface area contributed by atoms with E-state index in [1.165, 1.54) is 18.6 Å². The Kier molecular flexibility index (Phi) is 5.75. The molecule has 10 nitrogen and oxygen atoms in total. The van der Waals surface area contributed by atoms with Gasteiger partial charge < -0.3 is 14.8 Å². The summed E-state index contributed by atoms with van der Waals surface area (Å²) in [5, 5.41) is 8.03. The van der Waals surface area contributed by atoms with Crippen LogP contribution in [0.4, 0.5) is 11.5 Å². The van der Waals surface area contributed by atoms with Crippen LogP contribution in [0.2, 0.25) is 0 Å². The zero-order valence-corrected chi connectivity index (χ0v) is 19.1. The Labute approximate surface area is 192 Å². The van der Waals surface area contributed by atoms with Crippen LogP contribution in [0.1, 0.15) is 37.9 Å². The van der Waals surface area contributed by atoms with Crippen molar-refractivity contribution in [2.45, 2.75) is 50.0 Å². The molecular formula is C22H27N7O3S. The minimum absolute atomic E-state index is 0.00980. The Morgan fingerprint density at radius 3 is 2.67 bits per heavy atom. The van der Waals surface area contributed by atoms with E-state index in [1.807, 2.05) is 0 Å². The highest BCUT2D eigenvalue weighted by Crippen LogP contribution is 2.29. The lowest BCUT2D eigenvalue weighted by atomic mass is 9.97. The van der Waals surface area contributed by atoms with Gasteiger partial charge in [0.05, 0.1) is 10.8 Å². The number of sulfonamides is 1. The monoisotopic (exact) mass is 469 g/mol. The van der Waals surface area contributed by atoms with Crippen LogP contribution in [-0.2, 0) is 27.8 Å². The molecule has 2 aliphatic rings. The van der Waals surface area contributed by atoms with Crippen LogP contribution in [0.3, 0.4) is 0 Å². The molecule has 1 fully saturated rings. The van der Waals surface area contributed by atoms with Gasteiger partial charge in [0.25, 0.3) is 0 Å². The largest absolute Gasteiger partial charge is 0.354 e.